The second-order valence-electron chi connectivity index (χ2n) is 18.6. The van der Waals surface area contributed by atoms with Gasteiger partial charge >= 0.3 is 5.97 Å². The van der Waals surface area contributed by atoms with Gasteiger partial charge in [0.1, 0.15) is 0 Å². The molecular formula is C41H72N4O7. The summed E-state index contributed by atoms with van der Waals surface area (Å²) >= 11 is 0. The summed E-state index contributed by atoms with van der Waals surface area (Å²) in [4.78, 5) is 12.3. The summed E-state index contributed by atoms with van der Waals surface area (Å²) in [5.41, 5.74) is 6.39. The molecule has 2 saturated heterocycles. The first kappa shape index (κ1) is 39.3. The molecule has 17 atom stereocenters. The van der Waals surface area contributed by atoms with Crippen molar-refractivity contribution in [1.82, 2.24) is 16.0 Å². The lowest BCUT2D eigenvalue weighted by atomic mass is 9.45. The third kappa shape index (κ3) is 8.15. The van der Waals surface area contributed by atoms with Gasteiger partial charge in [0.05, 0.1) is 55.5 Å². The lowest BCUT2D eigenvalue weighted by Gasteiger charge is -2.61. The maximum Gasteiger partial charge on any atom is 0.302 e. The van der Waals surface area contributed by atoms with Crippen molar-refractivity contribution in [2.45, 2.75) is 146 Å². The van der Waals surface area contributed by atoms with E-state index >= 15 is 0 Å². The van der Waals surface area contributed by atoms with Crippen molar-refractivity contribution in [2.24, 2.45) is 64.4 Å². The summed E-state index contributed by atoms with van der Waals surface area (Å²) in [6, 6.07) is 0. The highest BCUT2D eigenvalue weighted by atomic mass is 16.5. The molecular weight excluding hydrogens is 660 g/mol. The molecule has 11 nitrogen and oxygen atoms in total. The highest BCUT2D eigenvalue weighted by Gasteiger charge is 2.65. The molecule has 2 aliphatic heterocycles. The average Bonchev–Trinajstić information content (AvgIpc) is 3.69. The number of hydrogen-bond acceptors (Lipinski definition) is 11. The van der Waals surface area contributed by atoms with Gasteiger partial charge in [-0.2, -0.15) is 0 Å². The standard InChI is InChI=1S/C41H72N4O7/c1-23(46)50-22-32-30-7-8-31-37-27(14-28(47)16-35(37)49-4)18-41(12-11-24(17-41)13-25-5-10-36(42)45-19-25)38(31)40(30)52-39(32)26-6-9-33(48)34(15-26)51-29(20-43-2)21-44-3/h24-40,43-45,47-48H,5-22,42H2,1-4H3/t24-,25?,26?,27?,28?,30?,31?,32+,33?,34?,35?,36?,37?,38?,39+,40?,41-/m0/s1. The molecule has 11 heteroatoms. The Labute approximate surface area is 312 Å². The Kier molecular flexibility index (Phi) is 12.9. The summed E-state index contributed by atoms with van der Waals surface area (Å²) in [5.74, 6) is 3.75. The van der Waals surface area contributed by atoms with Gasteiger partial charge in [-0.15, -0.1) is 0 Å². The van der Waals surface area contributed by atoms with Crippen LogP contribution in [0.3, 0.4) is 0 Å². The van der Waals surface area contributed by atoms with Crippen LogP contribution in [0.2, 0.25) is 0 Å². The van der Waals surface area contributed by atoms with Crippen LogP contribution in [0.25, 0.3) is 0 Å². The zero-order chi connectivity index (χ0) is 36.6. The average molecular weight is 733 g/mol. The van der Waals surface area contributed by atoms with Crippen molar-refractivity contribution in [3.05, 3.63) is 0 Å². The van der Waals surface area contributed by atoms with Crippen molar-refractivity contribution in [2.75, 3.05) is 47.4 Å². The third-order valence-corrected chi connectivity index (χ3v) is 15.5. The summed E-state index contributed by atoms with van der Waals surface area (Å²) in [6.45, 7) is 4.38. The number of methoxy groups -OCH3 is 1. The zero-order valence-corrected chi connectivity index (χ0v) is 32.6. The van der Waals surface area contributed by atoms with Crippen LogP contribution in [0.4, 0.5) is 0 Å². The minimum Gasteiger partial charge on any atom is -0.465 e. The fourth-order valence-electron chi connectivity index (χ4n) is 13.7. The maximum absolute atomic E-state index is 12.3. The van der Waals surface area contributed by atoms with Gasteiger partial charge in [0, 0.05) is 33.0 Å². The molecule has 0 aromatic heterocycles. The van der Waals surface area contributed by atoms with Crippen LogP contribution in [0.15, 0.2) is 0 Å². The molecule has 0 amide bonds. The van der Waals surface area contributed by atoms with Crippen LogP contribution in [0.1, 0.15) is 96.8 Å². The minimum atomic E-state index is -0.496. The molecule has 5 aliphatic carbocycles. The number of nitrogens with two attached hydrogens (primary N) is 1. The number of likely N-dealkylation sites (N-methyl/N-ethyl adjacent to an activating group) is 2. The molecule has 52 heavy (non-hydrogen) atoms. The largest absolute Gasteiger partial charge is 0.465 e. The van der Waals surface area contributed by atoms with Gasteiger partial charge in [-0.25, -0.2) is 0 Å². The first-order valence-electron chi connectivity index (χ1n) is 21.2. The Morgan fingerprint density at radius 2 is 1.71 bits per heavy atom. The van der Waals surface area contributed by atoms with E-state index in [1.54, 1.807) is 0 Å². The van der Waals surface area contributed by atoms with Crippen LogP contribution in [-0.2, 0) is 23.7 Å². The smallest absolute Gasteiger partial charge is 0.302 e. The summed E-state index contributed by atoms with van der Waals surface area (Å²) < 4.78 is 26.3. The fourth-order valence-corrected chi connectivity index (χ4v) is 13.7. The molecule has 298 valence electrons. The highest BCUT2D eigenvalue weighted by Crippen LogP contribution is 2.68. The Hall–Kier alpha value is -0.890. The summed E-state index contributed by atoms with van der Waals surface area (Å²) in [6.07, 6.45) is 13.9. The number of rotatable bonds is 12. The van der Waals surface area contributed by atoms with Gasteiger partial charge in [-0.05, 0) is 163 Å². The molecule has 7 aliphatic rings. The summed E-state index contributed by atoms with van der Waals surface area (Å²) in [5, 5.41) is 32.3. The van der Waals surface area contributed by atoms with Crippen molar-refractivity contribution in [3.8, 4) is 0 Å². The number of esters is 1. The predicted molar refractivity (Wildman–Crippen MR) is 199 cm³/mol. The predicted octanol–water partition coefficient (Wildman–Crippen LogP) is 3.20. The van der Waals surface area contributed by atoms with Gasteiger partial charge in [-0.3, -0.25) is 4.79 Å². The van der Waals surface area contributed by atoms with E-state index in [2.05, 4.69) is 16.0 Å². The number of aliphatic hydroxyl groups is 2. The second kappa shape index (κ2) is 17.1. The number of carbonyl (C=O) groups excluding carboxylic acids is 1. The van der Waals surface area contributed by atoms with E-state index in [0.717, 1.165) is 57.9 Å². The highest BCUT2D eigenvalue weighted by molar-refractivity contribution is 5.65. The molecule has 7 N–H and O–H groups in total. The number of aliphatic hydroxyl groups excluding tert-OH is 2. The Morgan fingerprint density at radius 3 is 2.42 bits per heavy atom. The van der Waals surface area contributed by atoms with Gasteiger partial charge in [0.2, 0.25) is 0 Å². The van der Waals surface area contributed by atoms with Crippen LogP contribution in [0.5, 0.6) is 0 Å². The number of nitrogens with one attached hydrogen (secondary N) is 3. The summed E-state index contributed by atoms with van der Waals surface area (Å²) in [7, 11) is 5.73. The Morgan fingerprint density at radius 1 is 0.923 bits per heavy atom. The van der Waals surface area contributed by atoms with E-state index in [1.165, 1.54) is 39.0 Å². The quantitative estimate of drug-likeness (QED) is 0.164. The normalized spacial score (nSPS) is 47.6. The lowest BCUT2D eigenvalue weighted by molar-refractivity contribution is -0.192. The molecule has 0 radical (unpaired) electrons. The number of piperidine rings is 1. The molecule has 0 aromatic rings. The topological polar surface area (TPSA) is 157 Å². The van der Waals surface area contributed by atoms with E-state index in [0.29, 0.717) is 67.5 Å². The fraction of sp³-hybridized carbons (Fsp3) is 0.976. The maximum atomic E-state index is 12.3. The number of ether oxygens (including phenoxy) is 4. The Bertz CT molecular complexity index is 1170. The molecule has 2 heterocycles. The first-order valence-corrected chi connectivity index (χ1v) is 21.2. The number of hydrogen-bond donors (Lipinski definition) is 6. The van der Waals surface area contributed by atoms with Crippen LogP contribution in [-0.4, -0.2) is 113 Å². The molecule has 7 fully saturated rings. The van der Waals surface area contributed by atoms with Crippen LogP contribution in [0, 0.1) is 58.7 Å². The zero-order valence-electron chi connectivity index (χ0n) is 32.6. The molecule has 5 saturated carbocycles. The molecule has 13 unspecified atom stereocenters. The van der Waals surface area contributed by atoms with Crippen molar-refractivity contribution < 1.29 is 34.0 Å². The van der Waals surface area contributed by atoms with Gasteiger partial charge in [0.15, 0.2) is 0 Å². The second-order valence-corrected chi connectivity index (χ2v) is 18.6. The van der Waals surface area contributed by atoms with E-state index < -0.39 is 6.10 Å². The van der Waals surface area contributed by atoms with E-state index in [-0.39, 0.29) is 66.0 Å². The SMILES string of the molecule is CNCC(CNC)OC1CC([C@H]2OC3C(CCC4C5C(CC(O)CC5OC)C[C@@]5(CC[C@@H](CC6CCC(N)NC6)C5)C43)[C@H]2COC(C)=O)CCC1O. The molecule has 7 rings (SSSR count). The third-order valence-electron chi connectivity index (χ3n) is 15.5. The van der Waals surface area contributed by atoms with Gasteiger partial charge in [-0.1, -0.05) is 0 Å². The van der Waals surface area contributed by atoms with Crippen LogP contribution < -0.4 is 21.7 Å². The van der Waals surface area contributed by atoms with E-state index in [9.17, 15) is 15.0 Å². The molecule has 1 spiro atoms. The monoisotopic (exact) mass is 733 g/mol. The van der Waals surface area contributed by atoms with Gasteiger partial charge < -0.3 is 50.8 Å². The van der Waals surface area contributed by atoms with E-state index in [4.69, 9.17) is 24.7 Å². The van der Waals surface area contributed by atoms with Gasteiger partial charge in [0.25, 0.3) is 0 Å². The van der Waals surface area contributed by atoms with Crippen LogP contribution >= 0.6 is 0 Å². The van der Waals surface area contributed by atoms with E-state index in [1.807, 2.05) is 21.2 Å². The minimum absolute atomic E-state index is 0.0327. The van der Waals surface area contributed by atoms with Crippen molar-refractivity contribution in [1.29, 1.82) is 0 Å². The Balaban J connectivity index is 1.17. The first-order chi connectivity index (χ1) is 25.1. The molecule has 0 bridgehead atoms. The number of carbonyl (C=O) groups is 1. The van der Waals surface area contributed by atoms with Crippen molar-refractivity contribution >= 4 is 5.97 Å². The lowest BCUT2D eigenvalue weighted by Crippen LogP contribution is -2.59. The van der Waals surface area contributed by atoms with Crippen molar-refractivity contribution in [3.63, 3.8) is 0 Å². The molecule has 0 aromatic carbocycles. The number of fused-ring (bicyclic) bond motifs is 6.